The standard InChI is InChI=1S/C45H36N2/c1-45(2)27-28-46(43-14-8-6-12-41(43)45)37-23-19-33(20-24-37)31-15-17-32(18-16-31)34-21-25-38(26-22-34)47-42-13-7-5-11-39(42)40-29-35-9-3-4-10-36(35)30-44(40)47/h3-26,29-30H,27-28H2,1-2H3. The zero-order valence-electron chi connectivity index (χ0n) is 26.8. The van der Waals surface area contributed by atoms with Gasteiger partial charge in [-0.25, -0.2) is 0 Å². The molecule has 0 spiro atoms. The number of anilines is 2. The smallest absolute Gasteiger partial charge is 0.0547 e. The van der Waals surface area contributed by atoms with Crippen LogP contribution in [0.25, 0.3) is 60.5 Å². The molecule has 1 aliphatic rings. The number of rotatable bonds is 4. The molecular formula is C45H36N2. The van der Waals surface area contributed by atoms with E-state index in [9.17, 15) is 0 Å². The van der Waals surface area contributed by atoms with Gasteiger partial charge in [0, 0.05) is 34.4 Å². The Balaban J connectivity index is 0.996. The van der Waals surface area contributed by atoms with E-state index in [2.05, 4.69) is 181 Å². The van der Waals surface area contributed by atoms with Crippen LogP contribution in [0, 0.1) is 0 Å². The van der Waals surface area contributed by atoms with Gasteiger partial charge in [-0.15, -0.1) is 0 Å². The van der Waals surface area contributed by atoms with E-state index in [-0.39, 0.29) is 5.41 Å². The van der Waals surface area contributed by atoms with Crippen molar-refractivity contribution in [2.24, 2.45) is 0 Å². The van der Waals surface area contributed by atoms with Crippen molar-refractivity contribution in [3.05, 3.63) is 163 Å². The first-order chi connectivity index (χ1) is 23.0. The third-order valence-electron chi connectivity index (χ3n) is 10.3. The van der Waals surface area contributed by atoms with Gasteiger partial charge in [0.25, 0.3) is 0 Å². The average molecular weight is 605 g/mol. The first-order valence-electron chi connectivity index (χ1n) is 16.6. The van der Waals surface area contributed by atoms with Crippen molar-refractivity contribution in [3.8, 4) is 27.9 Å². The molecule has 0 unspecified atom stereocenters. The van der Waals surface area contributed by atoms with Crippen LogP contribution in [0.3, 0.4) is 0 Å². The summed E-state index contributed by atoms with van der Waals surface area (Å²) in [7, 11) is 0. The summed E-state index contributed by atoms with van der Waals surface area (Å²) in [6.07, 6.45) is 1.14. The summed E-state index contributed by atoms with van der Waals surface area (Å²) in [6, 6.07) is 57.9. The van der Waals surface area contributed by atoms with E-state index < -0.39 is 0 Å². The number of hydrogen-bond donors (Lipinski definition) is 0. The van der Waals surface area contributed by atoms with Gasteiger partial charge in [-0.05, 0) is 99.0 Å². The maximum absolute atomic E-state index is 2.47. The summed E-state index contributed by atoms with van der Waals surface area (Å²) in [5, 5.41) is 5.10. The predicted molar refractivity (Wildman–Crippen MR) is 200 cm³/mol. The van der Waals surface area contributed by atoms with Crippen LogP contribution in [0.15, 0.2) is 158 Å². The molecule has 8 aromatic rings. The van der Waals surface area contributed by atoms with Crippen molar-refractivity contribution in [2.75, 3.05) is 11.4 Å². The summed E-state index contributed by atoms with van der Waals surface area (Å²) < 4.78 is 2.40. The minimum absolute atomic E-state index is 0.204. The molecule has 0 fully saturated rings. The van der Waals surface area contributed by atoms with Crippen LogP contribution in [0.5, 0.6) is 0 Å². The lowest BCUT2D eigenvalue weighted by molar-refractivity contribution is 0.467. The molecule has 9 rings (SSSR count). The van der Waals surface area contributed by atoms with E-state index in [4.69, 9.17) is 0 Å². The molecule has 0 radical (unpaired) electrons. The third-order valence-corrected chi connectivity index (χ3v) is 10.3. The Kier molecular flexibility index (Phi) is 6.33. The Hall–Kier alpha value is -5.60. The monoisotopic (exact) mass is 604 g/mol. The van der Waals surface area contributed by atoms with E-state index in [1.54, 1.807) is 0 Å². The lowest BCUT2D eigenvalue weighted by Crippen LogP contribution is -2.34. The lowest BCUT2D eigenvalue weighted by Gasteiger charge is -2.40. The first kappa shape index (κ1) is 27.7. The number of hydrogen-bond acceptors (Lipinski definition) is 1. The zero-order chi connectivity index (χ0) is 31.5. The Morgan fingerprint density at radius 3 is 1.68 bits per heavy atom. The molecule has 2 heterocycles. The largest absolute Gasteiger partial charge is 0.341 e. The van der Waals surface area contributed by atoms with E-state index in [1.807, 2.05) is 0 Å². The highest BCUT2D eigenvalue weighted by atomic mass is 15.1. The molecular weight excluding hydrogens is 569 g/mol. The Morgan fingerprint density at radius 2 is 1.00 bits per heavy atom. The van der Waals surface area contributed by atoms with E-state index in [0.29, 0.717) is 0 Å². The van der Waals surface area contributed by atoms with Crippen LogP contribution < -0.4 is 4.90 Å². The first-order valence-corrected chi connectivity index (χ1v) is 16.6. The van der Waals surface area contributed by atoms with E-state index >= 15 is 0 Å². The molecule has 47 heavy (non-hydrogen) atoms. The fourth-order valence-electron chi connectivity index (χ4n) is 7.62. The Morgan fingerprint density at radius 1 is 0.468 bits per heavy atom. The van der Waals surface area contributed by atoms with E-state index in [0.717, 1.165) is 13.0 Å². The molecule has 0 N–H and O–H groups in total. The molecule has 0 amide bonds. The maximum atomic E-state index is 2.47. The number of fused-ring (bicyclic) bond motifs is 5. The van der Waals surface area contributed by atoms with Crippen molar-refractivity contribution in [2.45, 2.75) is 25.7 Å². The second kappa shape index (κ2) is 10.7. The Labute approximate surface area is 276 Å². The normalized spacial score (nSPS) is 14.1. The minimum Gasteiger partial charge on any atom is -0.341 e. The molecule has 0 aliphatic carbocycles. The van der Waals surface area contributed by atoms with Gasteiger partial charge in [0.15, 0.2) is 0 Å². The van der Waals surface area contributed by atoms with Crippen LogP contribution in [-0.2, 0) is 5.41 Å². The molecule has 0 bridgehead atoms. The number of aromatic nitrogens is 1. The van der Waals surface area contributed by atoms with Gasteiger partial charge in [0.2, 0.25) is 0 Å². The van der Waals surface area contributed by atoms with Gasteiger partial charge in [0.1, 0.15) is 0 Å². The van der Waals surface area contributed by atoms with Crippen molar-refractivity contribution < 1.29 is 0 Å². The minimum atomic E-state index is 0.204. The quantitative estimate of drug-likeness (QED) is 0.194. The van der Waals surface area contributed by atoms with Crippen molar-refractivity contribution >= 4 is 44.0 Å². The summed E-state index contributed by atoms with van der Waals surface area (Å²) in [5.74, 6) is 0. The lowest BCUT2D eigenvalue weighted by atomic mass is 9.77. The van der Waals surface area contributed by atoms with Crippen LogP contribution >= 0.6 is 0 Å². The van der Waals surface area contributed by atoms with Gasteiger partial charge < -0.3 is 9.47 Å². The molecule has 1 aromatic heterocycles. The Bertz CT molecular complexity index is 2410. The summed E-state index contributed by atoms with van der Waals surface area (Å²) in [5.41, 5.74) is 12.8. The summed E-state index contributed by atoms with van der Waals surface area (Å²) in [6.45, 7) is 5.75. The number of benzene rings is 7. The van der Waals surface area contributed by atoms with Crippen molar-refractivity contribution in [1.29, 1.82) is 0 Å². The van der Waals surface area contributed by atoms with Crippen LogP contribution in [0.4, 0.5) is 11.4 Å². The summed E-state index contributed by atoms with van der Waals surface area (Å²) in [4.78, 5) is 2.47. The highest BCUT2D eigenvalue weighted by Gasteiger charge is 2.31. The second-order valence-corrected chi connectivity index (χ2v) is 13.5. The SMILES string of the molecule is CC1(C)CCN(c2ccc(-c3ccc(-c4ccc(-n5c6ccccc6c6cc7ccccc7cc65)cc4)cc3)cc2)c2ccccc21. The molecule has 2 nitrogen and oxygen atoms in total. The van der Waals surface area contributed by atoms with Gasteiger partial charge in [-0.2, -0.15) is 0 Å². The highest BCUT2D eigenvalue weighted by molar-refractivity contribution is 6.13. The van der Waals surface area contributed by atoms with Crippen LogP contribution in [-0.4, -0.2) is 11.1 Å². The van der Waals surface area contributed by atoms with Crippen molar-refractivity contribution in [3.63, 3.8) is 0 Å². The fourth-order valence-corrected chi connectivity index (χ4v) is 7.62. The number of para-hydroxylation sites is 2. The van der Waals surface area contributed by atoms with Crippen LogP contribution in [0.2, 0.25) is 0 Å². The van der Waals surface area contributed by atoms with Crippen molar-refractivity contribution in [1.82, 2.24) is 4.57 Å². The van der Waals surface area contributed by atoms with E-state index in [1.165, 1.54) is 77.5 Å². The maximum Gasteiger partial charge on any atom is 0.0547 e. The highest BCUT2D eigenvalue weighted by Crippen LogP contribution is 2.43. The predicted octanol–water partition coefficient (Wildman–Crippen LogP) is 12.1. The third kappa shape index (κ3) is 4.63. The van der Waals surface area contributed by atoms with Crippen LogP contribution in [0.1, 0.15) is 25.8 Å². The molecule has 0 saturated heterocycles. The van der Waals surface area contributed by atoms with Gasteiger partial charge in [-0.3, -0.25) is 0 Å². The molecule has 2 heteroatoms. The summed E-state index contributed by atoms with van der Waals surface area (Å²) >= 11 is 0. The topological polar surface area (TPSA) is 8.17 Å². The fraction of sp³-hybridized carbons (Fsp3) is 0.111. The average Bonchev–Trinajstić information content (AvgIpc) is 3.44. The number of nitrogens with zero attached hydrogens (tertiary/aromatic N) is 2. The van der Waals surface area contributed by atoms with Gasteiger partial charge in [0.05, 0.1) is 11.0 Å². The zero-order valence-corrected chi connectivity index (χ0v) is 26.8. The van der Waals surface area contributed by atoms with Gasteiger partial charge in [-0.1, -0.05) is 123 Å². The molecule has 0 atom stereocenters. The second-order valence-electron chi connectivity index (χ2n) is 13.5. The molecule has 1 aliphatic heterocycles. The molecule has 226 valence electrons. The molecule has 7 aromatic carbocycles. The molecule has 0 saturated carbocycles. The van der Waals surface area contributed by atoms with Gasteiger partial charge >= 0.3 is 0 Å².